The van der Waals surface area contributed by atoms with Crippen LogP contribution in [0, 0.1) is 0 Å². The second kappa shape index (κ2) is 5.78. The second-order valence-electron chi connectivity index (χ2n) is 5.72. The number of pyridine rings is 2. The third-order valence-electron chi connectivity index (χ3n) is 4.06. The largest absolute Gasteiger partial charge is 0.374 e. The molecule has 0 spiro atoms. The van der Waals surface area contributed by atoms with Crippen LogP contribution in [0.25, 0.3) is 16.6 Å². The molecule has 3 aromatic heterocycles. The molecule has 0 saturated heterocycles. The van der Waals surface area contributed by atoms with E-state index in [9.17, 15) is 9.59 Å². The van der Waals surface area contributed by atoms with Gasteiger partial charge in [0.1, 0.15) is 12.0 Å². The van der Waals surface area contributed by atoms with E-state index in [1.54, 1.807) is 36.4 Å². The van der Waals surface area contributed by atoms with Crippen LogP contribution in [-0.4, -0.2) is 14.5 Å². The van der Waals surface area contributed by atoms with Crippen LogP contribution in [0.5, 0.6) is 0 Å². The highest BCUT2D eigenvalue weighted by Crippen LogP contribution is 2.21. The van der Waals surface area contributed by atoms with E-state index in [1.807, 2.05) is 6.92 Å². The SMILES string of the molecule is CC(Nc1ccc2oncn2c1=O)c1cc2cc(Cl)ccc2[nH]c1=O. The number of nitrogens with zero attached hydrogens (tertiary/aromatic N) is 2. The molecular formula is C17H13ClN4O3. The fraction of sp³-hybridized carbons (Fsp3) is 0.118. The summed E-state index contributed by atoms with van der Waals surface area (Å²) in [6.07, 6.45) is 1.30. The van der Waals surface area contributed by atoms with Crippen LogP contribution in [-0.2, 0) is 0 Å². The van der Waals surface area contributed by atoms with Gasteiger partial charge in [0.25, 0.3) is 11.1 Å². The summed E-state index contributed by atoms with van der Waals surface area (Å²) in [5, 5.41) is 8.07. The molecule has 126 valence electrons. The summed E-state index contributed by atoms with van der Waals surface area (Å²) in [5.74, 6) is 0. The second-order valence-corrected chi connectivity index (χ2v) is 6.16. The highest BCUT2D eigenvalue weighted by atomic mass is 35.5. The molecule has 1 unspecified atom stereocenters. The number of nitrogens with one attached hydrogen (secondary N) is 2. The number of aromatic nitrogens is 3. The number of hydrogen-bond acceptors (Lipinski definition) is 5. The maximum absolute atomic E-state index is 12.4. The Bertz CT molecular complexity index is 1210. The summed E-state index contributed by atoms with van der Waals surface area (Å²) in [4.78, 5) is 27.6. The van der Waals surface area contributed by atoms with E-state index >= 15 is 0 Å². The van der Waals surface area contributed by atoms with Gasteiger partial charge in [-0.05, 0) is 37.3 Å². The van der Waals surface area contributed by atoms with Gasteiger partial charge in [0.05, 0.1) is 6.04 Å². The van der Waals surface area contributed by atoms with Crippen molar-refractivity contribution < 1.29 is 4.52 Å². The molecule has 7 nitrogen and oxygen atoms in total. The summed E-state index contributed by atoms with van der Waals surface area (Å²) >= 11 is 6.02. The smallest absolute Gasteiger partial charge is 0.282 e. The van der Waals surface area contributed by atoms with E-state index in [1.165, 1.54) is 10.7 Å². The Balaban J connectivity index is 1.75. The molecule has 1 atom stereocenters. The van der Waals surface area contributed by atoms with E-state index in [2.05, 4.69) is 15.5 Å². The molecule has 4 rings (SSSR count). The number of hydrogen-bond donors (Lipinski definition) is 2. The van der Waals surface area contributed by atoms with Crippen molar-refractivity contribution in [3.8, 4) is 0 Å². The lowest BCUT2D eigenvalue weighted by molar-refractivity contribution is 0.454. The van der Waals surface area contributed by atoms with Gasteiger partial charge in [-0.2, -0.15) is 0 Å². The number of aromatic amines is 1. The summed E-state index contributed by atoms with van der Waals surface area (Å²) in [7, 11) is 0. The summed E-state index contributed by atoms with van der Waals surface area (Å²) in [5.41, 5.74) is 1.38. The Morgan fingerprint density at radius 1 is 1.24 bits per heavy atom. The summed E-state index contributed by atoms with van der Waals surface area (Å²) < 4.78 is 6.23. The minimum absolute atomic E-state index is 0.221. The van der Waals surface area contributed by atoms with Crippen molar-refractivity contribution in [2.45, 2.75) is 13.0 Å². The zero-order valence-corrected chi connectivity index (χ0v) is 13.9. The summed E-state index contributed by atoms with van der Waals surface area (Å²) in [6, 6.07) is 9.87. The lowest BCUT2D eigenvalue weighted by Gasteiger charge is -2.15. The number of rotatable bonds is 3. The fourth-order valence-electron chi connectivity index (χ4n) is 2.78. The number of halogens is 1. The van der Waals surface area contributed by atoms with Gasteiger partial charge in [-0.25, -0.2) is 4.40 Å². The van der Waals surface area contributed by atoms with E-state index in [0.29, 0.717) is 27.5 Å². The number of benzene rings is 1. The standard InChI is InChI=1S/C17H13ClN4O3/c1-9(20-14-4-5-15-22(17(14)24)8-19-25-15)12-7-10-6-11(18)2-3-13(10)21-16(12)23/h2-9,20H,1H3,(H,21,23). The average molecular weight is 357 g/mol. The lowest BCUT2D eigenvalue weighted by atomic mass is 10.1. The molecule has 0 aliphatic heterocycles. The first kappa shape index (κ1) is 15.5. The van der Waals surface area contributed by atoms with Crippen molar-refractivity contribution >= 4 is 33.9 Å². The van der Waals surface area contributed by atoms with Gasteiger partial charge in [0.2, 0.25) is 5.71 Å². The first-order chi connectivity index (χ1) is 12.0. The molecule has 0 radical (unpaired) electrons. The molecule has 3 heterocycles. The molecule has 1 aromatic carbocycles. The van der Waals surface area contributed by atoms with Gasteiger partial charge in [-0.1, -0.05) is 16.8 Å². The summed E-state index contributed by atoms with van der Waals surface area (Å²) in [6.45, 7) is 1.81. The Hall–Kier alpha value is -3.06. The van der Waals surface area contributed by atoms with Crippen molar-refractivity contribution in [1.82, 2.24) is 14.5 Å². The minimum Gasteiger partial charge on any atom is -0.374 e. The van der Waals surface area contributed by atoms with Crippen LogP contribution in [0.3, 0.4) is 0 Å². The van der Waals surface area contributed by atoms with Crippen molar-refractivity contribution in [2.24, 2.45) is 0 Å². The van der Waals surface area contributed by atoms with Gasteiger partial charge in [-0.15, -0.1) is 0 Å². The van der Waals surface area contributed by atoms with Crippen LogP contribution in [0.15, 0.2) is 56.8 Å². The topological polar surface area (TPSA) is 92.4 Å². The maximum atomic E-state index is 12.4. The van der Waals surface area contributed by atoms with Gasteiger partial charge >= 0.3 is 0 Å². The van der Waals surface area contributed by atoms with Gasteiger partial charge in [-0.3, -0.25) is 9.59 Å². The molecule has 0 saturated carbocycles. The van der Waals surface area contributed by atoms with Crippen LogP contribution >= 0.6 is 11.6 Å². The zero-order valence-electron chi connectivity index (χ0n) is 13.1. The van der Waals surface area contributed by atoms with E-state index in [0.717, 1.165) is 5.39 Å². The first-order valence-corrected chi connectivity index (χ1v) is 7.96. The van der Waals surface area contributed by atoms with Crippen molar-refractivity contribution in [3.05, 3.63) is 74.0 Å². The van der Waals surface area contributed by atoms with E-state index in [4.69, 9.17) is 16.1 Å². The molecule has 0 amide bonds. The quantitative estimate of drug-likeness (QED) is 0.588. The van der Waals surface area contributed by atoms with Crippen molar-refractivity contribution in [3.63, 3.8) is 0 Å². The molecule has 0 aliphatic rings. The van der Waals surface area contributed by atoms with Crippen LogP contribution in [0.2, 0.25) is 5.02 Å². The Labute approximate surface area is 145 Å². The number of anilines is 1. The van der Waals surface area contributed by atoms with Crippen molar-refractivity contribution in [1.29, 1.82) is 0 Å². The van der Waals surface area contributed by atoms with Crippen LogP contribution in [0.1, 0.15) is 18.5 Å². The third-order valence-corrected chi connectivity index (χ3v) is 4.30. The molecule has 25 heavy (non-hydrogen) atoms. The Kier molecular flexibility index (Phi) is 3.58. The number of H-pyrrole nitrogens is 1. The van der Waals surface area contributed by atoms with Gasteiger partial charge in [0, 0.05) is 27.6 Å². The lowest BCUT2D eigenvalue weighted by Crippen LogP contribution is -2.23. The first-order valence-electron chi connectivity index (χ1n) is 7.58. The normalized spacial score (nSPS) is 12.6. The highest BCUT2D eigenvalue weighted by molar-refractivity contribution is 6.31. The van der Waals surface area contributed by atoms with E-state index < -0.39 is 6.04 Å². The molecule has 2 N–H and O–H groups in total. The fourth-order valence-corrected chi connectivity index (χ4v) is 2.96. The minimum atomic E-state index is -0.391. The molecular weight excluding hydrogens is 344 g/mol. The molecule has 0 bridgehead atoms. The Morgan fingerprint density at radius 3 is 2.92 bits per heavy atom. The van der Waals surface area contributed by atoms with E-state index in [-0.39, 0.29) is 11.1 Å². The average Bonchev–Trinajstić information content (AvgIpc) is 3.06. The Morgan fingerprint density at radius 2 is 2.08 bits per heavy atom. The predicted molar refractivity (Wildman–Crippen MR) is 95.3 cm³/mol. The number of fused-ring (bicyclic) bond motifs is 2. The highest BCUT2D eigenvalue weighted by Gasteiger charge is 2.14. The molecule has 8 heteroatoms. The maximum Gasteiger partial charge on any atom is 0.282 e. The van der Waals surface area contributed by atoms with Gasteiger partial charge in [0.15, 0.2) is 0 Å². The monoisotopic (exact) mass is 356 g/mol. The zero-order chi connectivity index (χ0) is 17.6. The van der Waals surface area contributed by atoms with Crippen LogP contribution in [0.4, 0.5) is 5.69 Å². The van der Waals surface area contributed by atoms with Crippen LogP contribution < -0.4 is 16.4 Å². The molecule has 0 aliphatic carbocycles. The van der Waals surface area contributed by atoms with Gasteiger partial charge < -0.3 is 14.8 Å². The predicted octanol–water partition coefficient (Wildman–Crippen LogP) is 2.96. The third kappa shape index (κ3) is 2.68. The molecule has 4 aromatic rings. The van der Waals surface area contributed by atoms with Crippen molar-refractivity contribution in [2.75, 3.05) is 5.32 Å². The molecule has 0 fully saturated rings.